The van der Waals surface area contributed by atoms with Crippen LogP contribution in [0.2, 0.25) is 0 Å². The molecule has 1 heterocycles. The Morgan fingerprint density at radius 1 is 1.09 bits per heavy atom. The van der Waals surface area contributed by atoms with E-state index in [1.807, 2.05) is 36.4 Å². The number of rotatable bonds is 10. The van der Waals surface area contributed by atoms with Gasteiger partial charge < -0.3 is 24.6 Å². The zero-order valence-corrected chi connectivity index (χ0v) is 18.0. The molecule has 9 nitrogen and oxygen atoms in total. The molecule has 0 aliphatic carbocycles. The molecule has 0 saturated heterocycles. The first-order chi connectivity index (χ1) is 15.3. The molecule has 0 aliphatic heterocycles. The number of carbonyl (C=O) groups excluding carboxylic acids is 1. The predicted octanol–water partition coefficient (Wildman–Crippen LogP) is 4.23. The first kappa shape index (κ1) is 23.2. The standard InChI is InChI=1S/C22H23N2O7P/c25-21(26)12-11-20(23-22(27)30-14-16-7-3-1-4-8-16)32(28,29)15-18-13-19(24-31-18)17-9-5-2-6-10-17/h1-10,13,20H,11-12,14-15H2,(H,23,27)(H,25,26)(H,28,29). The summed E-state index contributed by atoms with van der Waals surface area (Å²) in [6.45, 7) is -0.0312. The molecule has 3 aromatic rings. The fraction of sp³-hybridized carbons (Fsp3) is 0.227. The van der Waals surface area contributed by atoms with Crippen LogP contribution in [0.5, 0.6) is 0 Å². The Balaban J connectivity index is 1.67. The van der Waals surface area contributed by atoms with Crippen LogP contribution < -0.4 is 5.32 Å². The van der Waals surface area contributed by atoms with Crippen LogP contribution in [-0.2, 0) is 26.9 Å². The van der Waals surface area contributed by atoms with E-state index in [9.17, 15) is 19.0 Å². The van der Waals surface area contributed by atoms with Crippen LogP contribution in [0.3, 0.4) is 0 Å². The van der Waals surface area contributed by atoms with E-state index in [4.69, 9.17) is 14.4 Å². The Hall–Kier alpha value is -3.42. The molecule has 32 heavy (non-hydrogen) atoms. The fourth-order valence-corrected chi connectivity index (χ4v) is 4.66. The number of aromatic nitrogens is 1. The molecule has 3 rings (SSSR count). The minimum Gasteiger partial charge on any atom is -0.481 e. The van der Waals surface area contributed by atoms with E-state index in [0.29, 0.717) is 5.69 Å². The summed E-state index contributed by atoms with van der Waals surface area (Å²) in [7, 11) is -4.12. The van der Waals surface area contributed by atoms with Crippen molar-refractivity contribution in [1.29, 1.82) is 0 Å². The third-order valence-electron chi connectivity index (χ3n) is 4.63. The first-order valence-corrected chi connectivity index (χ1v) is 11.8. The largest absolute Gasteiger partial charge is 0.481 e. The number of carbonyl (C=O) groups is 2. The Morgan fingerprint density at radius 3 is 2.41 bits per heavy atom. The topological polar surface area (TPSA) is 139 Å². The molecule has 0 saturated carbocycles. The summed E-state index contributed by atoms with van der Waals surface area (Å²) in [5, 5.41) is 15.2. The van der Waals surface area contributed by atoms with Gasteiger partial charge in [-0.05, 0) is 12.0 Å². The van der Waals surface area contributed by atoms with Gasteiger partial charge in [0.05, 0.1) is 6.16 Å². The highest BCUT2D eigenvalue weighted by Gasteiger charge is 2.34. The molecular weight excluding hydrogens is 435 g/mol. The highest BCUT2D eigenvalue weighted by molar-refractivity contribution is 7.57. The summed E-state index contributed by atoms with van der Waals surface area (Å²) in [5.41, 5.74) is 2.02. The van der Waals surface area contributed by atoms with Crippen LogP contribution in [0.15, 0.2) is 71.3 Å². The molecule has 0 radical (unpaired) electrons. The van der Waals surface area contributed by atoms with Gasteiger partial charge in [-0.3, -0.25) is 9.36 Å². The first-order valence-electron chi connectivity index (χ1n) is 9.85. The second-order valence-electron chi connectivity index (χ2n) is 7.11. The van der Waals surface area contributed by atoms with E-state index in [-0.39, 0.29) is 18.8 Å². The van der Waals surface area contributed by atoms with Gasteiger partial charge in [-0.25, -0.2) is 4.79 Å². The molecule has 3 N–H and O–H groups in total. The van der Waals surface area contributed by atoms with Crippen molar-refractivity contribution < 1.29 is 33.4 Å². The van der Waals surface area contributed by atoms with Crippen LogP contribution in [0, 0.1) is 0 Å². The molecular formula is C22H23N2O7P. The van der Waals surface area contributed by atoms with Crippen molar-refractivity contribution in [3.8, 4) is 11.3 Å². The summed E-state index contributed by atoms with van der Waals surface area (Å²) < 4.78 is 23.4. The highest BCUT2D eigenvalue weighted by atomic mass is 31.2. The van der Waals surface area contributed by atoms with Gasteiger partial charge >= 0.3 is 12.1 Å². The normalized spacial score (nSPS) is 13.7. The van der Waals surface area contributed by atoms with Gasteiger partial charge in [0.15, 0.2) is 0 Å². The second-order valence-corrected chi connectivity index (χ2v) is 9.56. The van der Waals surface area contributed by atoms with Gasteiger partial charge in [-0.15, -0.1) is 0 Å². The zero-order chi connectivity index (χ0) is 23.0. The lowest BCUT2D eigenvalue weighted by Gasteiger charge is -2.22. The number of alkyl carbamates (subject to hydrolysis) is 1. The molecule has 0 aliphatic rings. The van der Waals surface area contributed by atoms with E-state index in [0.717, 1.165) is 11.1 Å². The van der Waals surface area contributed by atoms with Crippen LogP contribution in [0.1, 0.15) is 24.2 Å². The third-order valence-corrected chi connectivity index (χ3v) is 6.75. The Kier molecular flexibility index (Phi) is 7.81. The number of carboxylic acid groups (broad SMARTS) is 1. The van der Waals surface area contributed by atoms with Gasteiger partial charge in [0, 0.05) is 18.1 Å². The lowest BCUT2D eigenvalue weighted by molar-refractivity contribution is -0.137. The monoisotopic (exact) mass is 458 g/mol. The predicted molar refractivity (Wildman–Crippen MR) is 116 cm³/mol. The maximum absolute atomic E-state index is 13.1. The van der Waals surface area contributed by atoms with Gasteiger partial charge in [-0.2, -0.15) is 0 Å². The number of nitrogens with one attached hydrogen (secondary N) is 1. The summed E-state index contributed by atoms with van der Waals surface area (Å²) in [5.74, 6) is -2.33. The Morgan fingerprint density at radius 2 is 1.75 bits per heavy atom. The number of hydrogen-bond acceptors (Lipinski definition) is 6. The third kappa shape index (κ3) is 6.80. The summed E-state index contributed by atoms with van der Waals surface area (Å²) in [6, 6.07) is 19.6. The summed E-state index contributed by atoms with van der Waals surface area (Å²) in [4.78, 5) is 33.9. The summed E-state index contributed by atoms with van der Waals surface area (Å²) in [6.07, 6.45) is -1.99. The molecule has 0 fully saturated rings. The van der Waals surface area contributed by atoms with E-state index in [1.165, 1.54) is 0 Å². The molecule has 0 spiro atoms. The number of aliphatic carboxylic acids is 1. The Bertz CT molecular complexity index is 1090. The number of benzene rings is 2. The second kappa shape index (κ2) is 10.7. The number of ether oxygens (including phenoxy) is 1. The van der Waals surface area contributed by atoms with Gasteiger partial charge in [0.1, 0.15) is 23.8 Å². The van der Waals surface area contributed by atoms with Crippen molar-refractivity contribution in [3.05, 3.63) is 78.1 Å². The minimum absolute atomic E-state index is 0.0312. The average Bonchev–Trinajstić information content (AvgIpc) is 3.24. The lowest BCUT2D eigenvalue weighted by atomic mass is 10.1. The maximum Gasteiger partial charge on any atom is 0.408 e. The van der Waals surface area contributed by atoms with Crippen molar-refractivity contribution in [2.24, 2.45) is 0 Å². The minimum atomic E-state index is -4.12. The molecule has 10 heteroatoms. The maximum atomic E-state index is 13.1. The van der Waals surface area contributed by atoms with Crippen LogP contribution >= 0.6 is 7.37 Å². The van der Waals surface area contributed by atoms with E-state index < -0.39 is 37.8 Å². The lowest BCUT2D eigenvalue weighted by Crippen LogP contribution is -2.36. The van der Waals surface area contributed by atoms with E-state index in [2.05, 4.69) is 10.5 Å². The van der Waals surface area contributed by atoms with Crippen molar-refractivity contribution in [2.75, 3.05) is 0 Å². The average molecular weight is 458 g/mol. The molecule has 2 atom stereocenters. The molecule has 168 valence electrons. The van der Waals surface area contributed by atoms with Gasteiger partial charge in [-0.1, -0.05) is 65.8 Å². The van der Waals surface area contributed by atoms with Crippen molar-refractivity contribution in [3.63, 3.8) is 0 Å². The van der Waals surface area contributed by atoms with Crippen molar-refractivity contribution in [1.82, 2.24) is 10.5 Å². The smallest absolute Gasteiger partial charge is 0.408 e. The van der Waals surface area contributed by atoms with Crippen molar-refractivity contribution >= 4 is 19.4 Å². The SMILES string of the molecule is O=C(O)CCC(NC(=O)OCc1ccccc1)P(=O)(O)Cc1cc(-c2ccccc2)no1. The number of nitrogens with zero attached hydrogens (tertiary/aromatic N) is 1. The van der Waals surface area contributed by atoms with Crippen LogP contribution in [0.25, 0.3) is 11.3 Å². The van der Waals surface area contributed by atoms with Gasteiger partial charge in [0.2, 0.25) is 7.37 Å². The Labute approximate surface area is 184 Å². The highest BCUT2D eigenvalue weighted by Crippen LogP contribution is 2.50. The van der Waals surface area contributed by atoms with E-state index >= 15 is 0 Å². The van der Waals surface area contributed by atoms with Crippen molar-refractivity contribution in [2.45, 2.75) is 31.4 Å². The van der Waals surface area contributed by atoms with Crippen LogP contribution in [-0.4, -0.2) is 33.0 Å². The molecule has 2 aromatic carbocycles. The number of hydrogen-bond donors (Lipinski definition) is 3. The quantitative estimate of drug-likeness (QED) is 0.384. The summed E-state index contributed by atoms with van der Waals surface area (Å²) >= 11 is 0. The molecule has 0 bridgehead atoms. The number of amides is 1. The fourth-order valence-electron chi connectivity index (χ4n) is 3.00. The molecule has 1 amide bonds. The molecule has 2 unspecified atom stereocenters. The van der Waals surface area contributed by atoms with Gasteiger partial charge in [0.25, 0.3) is 0 Å². The zero-order valence-electron chi connectivity index (χ0n) is 17.1. The molecule has 1 aromatic heterocycles. The van der Waals surface area contributed by atoms with Crippen LogP contribution in [0.4, 0.5) is 4.79 Å². The van der Waals surface area contributed by atoms with E-state index in [1.54, 1.807) is 30.3 Å². The number of carboxylic acids is 1.